The maximum Gasteiger partial charge on any atom is 0.261 e. The Morgan fingerprint density at radius 3 is 3.00 bits per heavy atom. The number of aryl methyl sites for hydroxylation is 1. The van der Waals surface area contributed by atoms with Gasteiger partial charge in [0.25, 0.3) is 5.91 Å². The lowest BCUT2D eigenvalue weighted by atomic mass is 10.0. The Balaban J connectivity index is 1.49. The fraction of sp³-hybridized carbons (Fsp3) is 0.421. The zero-order valence-corrected chi connectivity index (χ0v) is 15.9. The lowest BCUT2D eigenvalue weighted by Gasteiger charge is -2.08. The molecule has 0 saturated carbocycles. The van der Waals surface area contributed by atoms with Crippen LogP contribution in [0, 0.1) is 6.92 Å². The van der Waals surface area contributed by atoms with Crippen molar-refractivity contribution in [2.45, 2.75) is 25.8 Å². The first kappa shape index (κ1) is 17.2. The predicted octanol–water partition coefficient (Wildman–Crippen LogP) is 2.65. The van der Waals surface area contributed by atoms with Gasteiger partial charge in [0.2, 0.25) is 0 Å². The zero-order valence-electron chi connectivity index (χ0n) is 15.1. The number of amides is 1. The monoisotopic (exact) mass is 369 g/mol. The molecule has 1 aliphatic rings. The second-order valence-corrected chi connectivity index (χ2v) is 8.18. The van der Waals surface area contributed by atoms with Crippen molar-refractivity contribution in [1.29, 1.82) is 0 Å². The van der Waals surface area contributed by atoms with Gasteiger partial charge in [-0.1, -0.05) is 0 Å². The van der Waals surface area contributed by atoms with Crippen LogP contribution in [0.3, 0.4) is 0 Å². The summed E-state index contributed by atoms with van der Waals surface area (Å²) in [6.07, 6.45) is 2.93. The van der Waals surface area contributed by atoms with Gasteiger partial charge in [0.1, 0.15) is 0 Å². The highest BCUT2D eigenvalue weighted by atomic mass is 32.1. The molecule has 0 aliphatic carbocycles. The predicted molar refractivity (Wildman–Crippen MR) is 104 cm³/mol. The molecule has 1 amide bonds. The molecular formula is C19H23N5OS. The summed E-state index contributed by atoms with van der Waals surface area (Å²) >= 11 is 1.51. The zero-order chi connectivity index (χ0) is 18.1. The molecule has 0 spiro atoms. The van der Waals surface area contributed by atoms with Crippen molar-refractivity contribution in [3.63, 3.8) is 0 Å². The first-order chi connectivity index (χ1) is 12.6. The summed E-state index contributed by atoms with van der Waals surface area (Å²) < 4.78 is 1.93. The van der Waals surface area contributed by atoms with Gasteiger partial charge in [-0.2, -0.15) is 5.10 Å². The quantitative estimate of drug-likeness (QED) is 0.751. The van der Waals surface area contributed by atoms with E-state index in [1.165, 1.54) is 11.3 Å². The minimum Gasteiger partial charge on any atom is -0.349 e. The van der Waals surface area contributed by atoms with Crippen LogP contribution in [0.25, 0.3) is 11.0 Å². The van der Waals surface area contributed by atoms with E-state index in [1.54, 1.807) is 6.20 Å². The van der Waals surface area contributed by atoms with Crippen LogP contribution in [0.1, 0.15) is 32.6 Å². The summed E-state index contributed by atoms with van der Waals surface area (Å²) in [5.74, 6) is 0.432. The van der Waals surface area contributed by atoms with Gasteiger partial charge in [-0.05, 0) is 51.2 Å². The standard InChI is InChI=1S/C19H23N5OS/c1-13-5-6-16(26-13)19(25)21-9-11-24-18-15(4-3-8-20-18)17(22-24)14-7-10-23(2)12-14/h3-6,8,14H,7,9-12H2,1-2H3,(H,21,25)/t14-/m1/s1. The van der Waals surface area contributed by atoms with Crippen molar-refractivity contribution in [3.8, 4) is 0 Å². The van der Waals surface area contributed by atoms with Crippen LogP contribution < -0.4 is 5.32 Å². The summed E-state index contributed by atoms with van der Waals surface area (Å²) in [5.41, 5.74) is 2.04. The van der Waals surface area contributed by atoms with E-state index in [2.05, 4.69) is 28.3 Å². The van der Waals surface area contributed by atoms with Gasteiger partial charge < -0.3 is 10.2 Å². The molecule has 1 saturated heterocycles. The lowest BCUT2D eigenvalue weighted by molar-refractivity contribution is 0.0956. The van der Waals surface area contributed by atoms with Crippen molar-refractivity contribution < 1.29 is 4.79 Å². The second-order valence-electron chi connectivity index (χ2n) is 6.90. The first-order valence-corrected chi connectivity index (χ1v) is 9.78. The average molecular weight is 369 g/mol. The van der Waals surface area contributed by atoms with E-state index >= 15 is 0 Å². The maximum atomic E-state index is 12.2. The Morgan fingerprint density at radius 1 is 1.38 bits per heavy atom. The van der Waals surface area contributed by atoms with E-state index in [4.69, 9.17) is 5.10 Å². The Hall–Kier alpha value is -2.25. The first-order valence-electron chi connectivity index (χ1n) is 8.96. The highest BCUT2D eigenvalue weighted by Crippen LogP contribution is 2.30. The van der Waals surface area contributed by atoms with Gasteiger partial charge in [0.15, 0.2) is 5.65 Å². The number of hydrogen-bond acceptors (Lipinski definition) is 5. The normalized spacial score (nSPS) is 17.8. The molecule has 7 heteroatoms. The second kappa shape index (κ2) is 7.17. The summed E-state index contributed by atoms with van der Waals surface area (Å²) in [6, 6.07) is 7.91. The number of nitrogens with zero attached hydrogens (tertiary/aromatic N) is 4. The smallest absolute Gasteiger partial charge is 0.261 e. The number of likely N-dealkylation sites (N-methyl/N-ethyl adjacent to an activating group) is 1. The number of aromatic nitrogens is 3. The molecule has 0 bridgehead atoms. The van der Waals surface area contributed by atoms with Crippen LogP contribution in [0.5, 0.6) is 0 Å². The third-order valence-electron chi connectivity index (χ3n) is 4.89. The Bertz CT molecular complexity index is 931. The van der Waals surface area contributed by atoms with Crippen LogP contribution >= 0.6 is 11.3 Å². The molecule has 4 rings (SSSR count). The molecule has 0 aromatic carbocycles. The van der Waals surface area contributed by atoms with Crippen molar-refractivity contribution >= 4 is 28.3 Å². The minimum atomic E-state index is -0.0230. The summed E-state index contributed by atoms with van der Waals surface area (Å²) in [7, 11) is 2.15. The third kappa shape index (κ3) is 3.37. The number of thiophene rings is 1. The Morgan fingerprint density at radius 2 is 2.27 bits per heavy atom. The van der Waals surface area contributed by atoms with E-state index in [1.807, 2.05) is 29.8 Å². The van der Waals surface area contributed by atoms with Crippen molar-refractivity contribution in [2.75, 3.05) is 26.7 Å². The SMILES string of the molecule is Cc1ccc(C(=O)NCCn2nc([C@@H]3CCN(C)C3)c3cccnc32)s1. The number of rotatable bonds is 5. The molecule has 3 aromatic rings. The van der Waals surface area contributed by atoms with Gasteiger partial charge >= 0.3 is 0 Å². The number of carbonyl (C=O) groups excluding carboxylic acids is 1. The number of fused-ring (bicyclic) bond motifs is 1. The minimum absolute atomic E-state index is 0.0230. The number of likely N-dealkylation sites (tertiary alicyclic amines) is 1. The fourth-order valence-electron chi connectivity index (χ4n) is 3.57. The summed E-state index contributed by atoms with van der Waals surface area (Å²) in [5, 5.41) is 8.98. The van der Waals surface area contributed by atoms with Crippen molar-refractivity contribution in [3.05, 3.63) is 45.9 Å². The van der Waals surface area contributed by atoms with Crippen LogP contribution in [-0.4, -0.2) is 52.3 Å². The molecule has 1 fully saturated rings. The number of carbonyl (C=O) groups is 1. The maximum absolute atomic E-state index is 12.2. The number of hydrogen-bond donors (Lipinski definition) is 1. The molecule has 1 aliphatic heterocycles. The van der Waals surface area contributed by atoms with Gasteiger partial charge in [-0.3, -0.25) is 4.79 Å². The molecule has 1 N–H and O–H groups in total. The van der Waals surface area contributed by atoms with Crippen molar-refractivity contribution in [1.82, 2.24) is 25.0 Å². The van der Waals surface area contributed by atoms with E-state index in [0.717, 1.165) is 46.0 Å². The van der Waals surface area contributed by atoms with E-state index in [0.29, 0.717) is 19.0 Å². The van der Waals surface area contributed by atoms with Crippen LogP contribution in [0.15, 0.2) is 30.5 Å². The van der Waals surface area contributed by atoms with E-state index in [-0.39, 0.29) is 5.91 Å². The molecule has 6 nitrogen and oxygen atoms in total. The van der Waals surface area contributed by atoms with Gasteiger partial charge in [-0.25, -0.2) is 9.67 Å². The molecule has 136 valence electrons. The van der Waals surface area contributed by atoms with Crippen molar-refractivity contribution in [2.24, 2.45) is 0 Å². The van der Waals surface area contributed by atoms with Gasteiger partial charge in [0, 0.05) is 35.5 Å². The molecule has 0 unspecified atom stereocenters. The average Bonchev–Trinajstić information content (AvgIpc) is 3.34. The Labute approximate surface area is 156 Å². The lowest BCUT2D eigenvalue weighted by Crippen LogP contribution is -2.27. The van der Waals surface area contributed by atoms with Gasteiger partial charge in [0.05, 0.1) is 17.1 Å². The number of pyridine rings is 1. The molecule has 0 radical (unpaired) electrons. The molecule has 4 heterocycles. The van der Waals surface area contributed by atoms with Crippen LogP contribution in [0.4, 0.5) is 0 Å². The van der Waals surface area contributed by atoms with Crippen LogP contribution in [0.2, 0.25) is 0 Å². The third-order valence-corrected chi connectivity index (χ3v) is 5.89. The van der Waals surface area contributed by atoms with Crippen LogP contribution in [-0.2, 0) is 6.54 Å². The summed E-state index contributed by atoms with van der Waals surface area (Å²) in [4.78, 5) is 21.0. The van der Waals surface area contributed by atoms with E-state index in [9.17, 15) is 4.79 Å². The van der Waals surface area contributed by atoms with E-state index < -0.39 is 0 Å². The number of nitrogens with one attached hydrogen (secondary N) is 1. The van der Waals surface area contributed by atoms with Gasteiger partial charge in [-0.15, -0.1) is 11.3 Å². The molecule has 26 heavy (non-hydrogen) atoms. The molecular weight excluding hydrogens is 346 g/mol. The summed E-state index contributed by atoms with van der Waals surface area (Å²) in [6.45, 7) is 5.30. The highest BCUT2D eigenvalue weighted by molar-refractivity contribution is 7.13. The fourth-order valence-corrected chi connectivity index (χ4v) is 4.35. The topological polar surface area (TPSA) is 63.1 Å². The molecule has 1 atom stereocenters. The largest absolute Gasteiger partial charge is 0.349 e. The highest BCUT2D eigenvalue weighted by Gasteiger charge is 2.26. The Kier molecular flexibility index (Phi) is 4.74. The molecule has 3 aromatic heterocycles.